The first-order valence-electron chi connectivity index (χ1n) is 7.69. The Labute approximate surface area is 132 Å². The Balaban J connectivity index is 2.39. The van der Waals surface area contributed by atoms with Crippen molar-refractivity contribution >= 4 is 11.9 Å². The van der Waals surface area contributed by atoms with E-state index in [-0.39, 0.29) is 18.3 Å². The van der Waals surface area contributed by atoms with Crippen molar-refractivity contribution < 1.29 is 19.1 Å². The third-order valence-corrected chi connectivity index (χ3v) is 3.28. The van der Waals surface area contributed by atoms with E-state index < -0.39 is 0 Å². The van der Waals surface area contributed by atoms with E-state index in [0.717, 1.165) is 18.6 Å². The van der Waals surface area contributed by atoms with Crippen LogP contribution in [0.25, 0.3) is 0 Å². The number of rotatable bonds is 10. The first kappa shape index (κ1) is 18.0. The number of hydrogen-bond donors (Lipinski definition) is 0. The van der Waals surface area contributed by atoms with Gasteiger partial charge in [0.1, 0.15) is 5.75 Å². The fourth-order valence-corrected chi connectivity index (χ4v) is 1.97. The monoisotopic (exact) mass is 307 g/mol. The first-order chi connectivity index (χ1) is 10.7. The molecule has 0 heterocycles. The number of amides is 1. The molecule has 1 aromatic carbocycles. The molecule has 1 rings (SSSR count). The van der Waals surface area contributed by atoms with Gasteiger partial charge in [0.15, 0.2) is 0 Å². The van der Waals surface area contributed by atoms with Gasteiger partial charge in [-0.1, -0.05) is 31.5 Å². The summed E-state index contributed by atoms with van der Waals surface area (Å²) in [4.78, 5) is 25.2. The van der Waals surface area contributed by atoms with E-state index in [4.69, 9.17) is 4.74 Å². The Morgan fingerprint density at radius 2 is 1.82 bits per heavy atom. The third kappa shape index (κ3) is 7.11. The number of esters is 1. The fourth-order valence-electron chi connectivity index (χ4n) is 1.97. The van der Waals surface area contributed by atoms with Crippen molar-refractivity contribution in [3.63, 3.8) is 0 Å². The SMILES string of the molecule is CCCCN(CCC(=O)OC)C(=O)CCOc1ccccc1. The minimum Gasteiger partial charge on any atom is -0.493 e. The highest BCUT2D eigenvalue weighted by molar-refractivity contribution is 5.77. The molecule has 0 aliphatic rings. The van der Waals surface area contributed by atoms with Crippen LogP contribution in [0.3, 0.4) is 0 Å². The molecule has 1 aromatic rings. The Bertz CT molecular complexity index is 447. The molecule has 0 atom stereocenters. The summed E-state index contributed by atoms with van der Waals surface area (Å²) in [6, 6.07) is 9.41. The van der Waals surface area contributed by atoms with Gasteiger partial charge in [-0.3, -0.25) is 9.59 Å². The van der Waals surface area contributed by atoms with E-state index >= 15 is 0 Å². The highest BCUT2D eigenvalue weighted by Gasteiger charge is 2.14. The van der Waals surface area contributed by atoms with Crippen LogP contribution in [0.15, 0.2) is 30.3 Å². The van der Waals surface area contributed by atoms with Crippen LogP contribution in [0.4, 0.5) is 0 Å². The lowest BCUT2D eigenvalue weighted by Gasteiger charge is -2.22. The molecule has 0 radical (unpaired) electrons. The van der Waals surface area contributed by atoms with Crippen LogP contribution in [0.1, 0.15) is 32.6 Å². The summed E-state index contributed by atoms with van der Waals surface area (Å²) >= 11 is 0. The van der Waals surface area contributed by atoms with E-state index in [1.165, 1.54) is 7.11 Å². The lowest BCUT2D eigenvalue weighted by molar-refractivity contribution is -0.141. The first-order valence-corrected chi connectivity index (χ1v) is 7.69. The second-order valence-corrected chi connectivity index (χ2v) is 4.97. The Morgan fingerprint density at radius 1 is 1.09 bits per heavy atom. The number of methoxy groups -OCH3 is 1. The van der Waals surface area contributed by atoms with Gasteiger partial charge >= 0.3 is 5.97 Å². The van der Waals surface area contributed by atoms with Crippen molar-refractivity contribution in [2.75, 3.05) is 26.8 Å². The average Bonchev–Trinajstić information content (AvgIpc) is 2.55. The van der Waals surface area contributed by atoms with Crippen molar-refractivity contribution in [1.29, 1.82) is 0 Å². The fraction of sp³-hybridized carbons (Fsp3) is 0.529. The van der Waals surface area contributed by atoms with Gasteiger partial charge in [0.2, 0.25) is 5.91 Å². The van der Waals surface area contributed by atoms with Gasteiger partial charge in [0, 0.05) is 13.1 Å². The standard InChI is InChI=1S/C17H25NO4/c1-3-4-12-18(13-10-17(20)21-2)16(19)11-14-22-15-8-6-5-7-9-15/h5-9H,3-4,10-14H2,1-2H3. The molecular weight excluding hydrogens is 282 g/mol. The van der Waals surface area contributed by atoms with E-state index in [2.05, 4.69) is 11.7 Å². The lowest BCUT2D eigenvalue weighted by atomic mass is 10.2. The van der Waals surface area contributed by atoms with Crippen LogP contribution in [0.5, 0.6) is 5.75 Å². The molecule has 0 aliphatic heterocycles. The molecule has 0 unspecified atom stereocenters. The maximum absolute atomic E-state index is 12.2. The molecule has 22 heavy (non-hydrogen) atoms. The summed E-state index contributed by atoms with van der Waals surface area (Å²) in [5.74, 6) is 0.466. The number of benzene rings is 1. The summed E-state index contributed by atoms with van der Waals surface area (Å²) in [5, 5.41) is 0. The summed E-state index contributed by atoms with van der Waals surface area (Å²) in [5.41, 5.74) is 0. The molecule has 0 saturated heterocycles. The second kappa shape index (κ2) is 10.7. The topological polar surface area (TPSA) is 55.8 Å². The van der Waals surface area contributed by atoms with Crippen LogP contribution in [-0.4, -0.2) is 43.6 Å². The minimum atomic E-state index is -0.296. The third-order valence-electron chi connectivity index (χ3n) is 3.28. The summed E-state index contributed by atoms with van der Waals surface area (Å²) < 4.78 is 10.2. The van der Waals surface area contributed by atoms with Gasteiger partial charge in [-0.05, 0) is 18.6 Å². The Kier molecular flexibility index (Phi) is 8.72. The zero-order valence-electron chi connectivity index (χ0n) is 13.4. The van der Waals surface area contributed by atoms with E-state index in [0.29, 0.717) is 26.1 Å². The highest BCUT2D eigenvalue weighted by Crippen LogP contribution is 2.09. The van der Waals surface area contributed by atoms with Crippen molar-refractivity contribution in [2.24, 2.45) is 0 Å². The Hall–Kier alpha value is -2.04. The quantitative estimate of drug-likeness (QED) is 0.624. The largest absolute Gasteiger partial charge is 0.493 e. The second-order valence-electron chi connectivity index (χ2n) is 4.97. The predicted octanol–water partition coefficient (Wildman–Crippen LogP) is 2.65. The van der Waals surface area contributed by atoms with Crippen molar-refractivity contribution in [2.45, 2.75) is 32.6 Å². The number of carbonyl (C=O) groups excluding carboxylic acids is 2. The van der Waals surface area contributed by atoms with Gasteiger partial charge in [-0.25, -0.2) is 0 Å². The van der Waals surface area contributed by atoms with Crippen LogP contribution >= 0.6 is 0 Å². The Morgan fingerprint density at radius 3 is 2.45 bits per heavy atom. The maximum Gasteiger partial charge on any atom is 0.307 e. The van der Waals surface area contributed by atoms with E-state index in [9.17, 15) is 9.59 Å². The van der Waals surface area contributed by atoms with Gasteiger partial charge < -0.3 is 14.4 Å². The molecule has 0 bridgehead atoms. The normalized spacial score (nSPS) is 10.1. The molecule has 0 fully saturated rings. The van der Waals surface area contributed by atoms with Gasteiger partial charge in [0.25, 0.3) is 0 Å². The van der Waals surface area contributed by atoms with Crippen LogP contribution < -0.4 is 4.74 Å². The number of ether oxygens (including phenoxy) is 2. The number of nitrogens with zero attached hydrogens (tertiary/aromatic N) is 1. The summed E-state index contributed by atoms with van der Waals surface area (Å²) in [6.45, 7) is 3.47. The average molecular weight is 307 g/mol. The number of carbonyl (C=O) groups is 2. The van der Waals surface area contributed by atoms with Crippen molar-refractivity contribution in [3.05, 3.63) is 30.3 Å². The zero-order chi connectivity index (χ0) is 16.2. The van der Waals surface area contributed by atoms with Gasteiger partial charge in [-0.15, -0.1) is 0 Å². The smallest absolute Gasteiger partial charge is 0.307 e. The van der Waals surface area contributed by atoms with Crippen LogP contribution in [0, 0.1) is 0 Å². The van der Waals surface area contributed by atoms with Gasteiger partial charge in [-0.2, -0.15) is 0 Å². The molecule has 122 valence electrons. The van der Waals surface area contributed by atoms with Gasteiger partial charge in [0.05, 0.1) is 26.6 Å². The molecule has 1 amide bonds. The lowest BCUT2D eigenvalue weighted by Crippen LogP contribution is -2.34. The zero-order valence-corrected chi connectivity index (χ0v) is 13.4. The predicted molar refractivity (Wildman–Crippen MR) is 84.7 cm³/mol. The molecule has 5 nitrogen and oxygen atoms in total. The molecule has 0 saturated carbocycles. The molecule has 0 aromatic heterocycles. The maximum atomic E-state index is 12.2. The molecular formula is C17H25NO4. The van der Waals surface area contributed by atoms with Crippen LogP contribution in [-0.2, 0) is 14.3 Å². The number of para-hydroxylation sites is 1. The summed E-state index contributed by atoms with van der Waals surface area (Å²) in [7, 11) is 1.36. The number of hydrogen-bond acceptors (Lipinski definition) is 4. The minimum absolute atomic E-state index is 0.00767. The highest BCUT2D eigenvalue weighted by atomic mass is 16.5. The number of unbranched alkanes of at least 4 members (excludes halogenated alkanes) is 1. The van der Waals surface area contributed by atoms with E-state index in [1.54, 1.807) is 4.90 Å². The molecule has 0 aliphatic carbocycles. The van der Waals surface area contributed by atoms with Crippen LogP contribution in [0.2, 0.25) is 0 Å². The summed E-state index contributed by atoms with van der Waals surface area (Å²) in [6.07, 6.45) is 2.46. The van der Waals surface area contributed by atoms with Crippen molar-refractivity contribution in [3.8, 4) is 5.75 Å². The molecule has 0 spiro atoms. The molecule has 0 N–H and O–H groups in total. The van der Waals surface area contributed by atoms with Crippen molar-refractivity contribution in [1.82, 2.24) is 4.90 Å². The van der Waals surface area contributed by atoms with E-state index in [1.807, 2.05) is 30.3 Å². The molecule has 5 heteroatoms.